The standard InChI is InChI=1S/C14H19NO5S/c1-10(21(3,17)18)14(16)15(2)9-11-4-5-12-13(8-11)20-7-6-19-12/h4-5,8,10H,6-7,9H2,1-3H3. The summed E-state index contributed by atoms with van der Waals surface area (Å²) in [5.41, 5.74) is 0.857. The molecule has 0 spiro atoms. The first-order valence-corrected chi connectivity index (χ1v) is 8.57. The van der Waals surface area contributed by atoms with Crippen LogP contribution in [0.4, 0.5) is 0 Å². The van der Waals surface area contributed by atoms with Crippen LogP contribution in [0.5, 0.6) is 11.5 Å². The fraction of sp³-hybridized carbons (Fsp3) is 0.500. The highest BCUT2D eigenvalue weighted by Gasteiger charge is 2.26. The first kappa shape index (κ1) is 15.6. The second-order valence-corrected chi connectivity index (χ2v) is 7.51. The van der Waals surface area contributed by atoms with Crippen LogP contribution in [0, 0.1) is 0 Å². The number of ether oxygens (including phenoxy) is 2. The van der Waals surface area contributed by atoms with Gasteiger partial charge in [-0.1, -0.05) is 6.07 Å². The van der Waals surface area contributed by atoms with E-state index in [9.17, 15) is 13.2 Å². The lowest BCUT2D eigenvalue weighted by Gasteiger charge is -2.22. The average Bonchev–Trinajstić information content (AvgIpc) is 2.44. The molecular weight excluding hydrogens is 294 g/mol. The van der Waals surface area contributed by atoms with Crippen molar-refractivity contribution >= 4 is 15.7 Å². The molecule has 2 rings (SSSR count). The Morgan fingerprint density at radius 2 is 1.90 bits per heavy atom. The van der Waals surface area contributed by atoms with Gasteiger partial charge in [0.2, 0.25) is 5.91 Å². The number of carbonyl (C=O) groups excluding carboxylic acids is 1. The largest absolute Gasteiger partial charge is 0.486 e. The zero-order chi connectivity index (χ0) is 15.6. The molecule has 0 aromatic heterocycles. The third-order valence-corrected chi connectivity index (χ3v) is 4.88. The molecule has 1 amide bonds. The van der Waals surface area contributed by atoms with Crippen LogP contribution >= 0.6 is 0 Å². The number of fused-ring (bicyclic) bond motifs is 1. The maximum Gasteiger partial charge on any atom is 0.240 e. The van der Waals surface area contributed by atoms with Gasteiger partial charge in [-0.25, -0.2) is 8.42 Å². The molecule has 0 radical (unpaired) electrons. The highest BCUT2D eigenvalue weighted by molar-refractivity contribution is 7.92. The molecule has 1 aliphatic rings. The summed E-state index contributed by atoms with van der Waals surface area (Å²) in [5, 5.41) is -1.04. The molecule has 0 saturated carbocycles. The van der Waals surface area contributed by atoms with Gasteiger partial charge in [0.25, 0.3) is 0 Å². The summed E-state index contributed by atoms with van der Waals surface area (Å²) in [5.74, 6) is 0.909. The Hall–Kier alpha value is -1.76. The lowest BCUT2D eigenvalue weighted by Crippen LogP contribution is -2.38. The molecule has 6 nitrogen and oxygen atoms in total. The van der Waals surface area contributed by atoms with E-state index in [1.807, 2.05) is 12.1 Å². The van der Waals surface area contributed by atoms with E-state index >= 15 is 0 Å². The molecule has 0 fully saturated rings. The van der Waals surface area contributed by atoms with Gasteiger partial charge in [0.1, 0.15) is 18.5 Å². The van der Waals surface area contributed by atoms with E-state index < -0.39 is 21.0 Å². The minimum absolute atomic E-state index is 0.315. The van der Waals surface area contributed by atoms with Crippen molar-refractivity contribution in [3.05, 3.63) is 23.8 Å². The normalized spacial score (nSPS) is 15.4. The second-order valence-electron chi connectivity index (χ2n) is 5.14. The lowest BCUT2D eigenvalue weighted by molar-refractivity contribution is -0.129. The molecule has 0 aliphatic carbocycles. The van der Waals surface area contributed by atoms with Crippen LogP contribution in [0.25, 0.3) is 0 Å². The van der Waals surface area contributed by atoms with Crippen LogP contribution in [-0.4, -0.2) is 51.0 Å². The minimum atomic E-state index is -3.39. The molecule has 1 aromatic rings. The lowest BCUT2D eigenvalue weighted by atomic mass is 10.2. The van der Waals surface area contributed by atoms with E-state index in [0.717, 1.165) is 11.8 Å². The first-order valence-electron chi connectivity index (χ1n) is 6.61. The van der Waals surface area contributed by atoms with Crippen molar-refractivity contribution in [2.75, 3.05) is 26.5 Å². The summed E-state index contributed by atoms with van der Waals surface area (Å²) in [6.45, 7) is 2.74. The monoisotopic (exact) mass is 313 g/mol. The van der Waals surface area contributed by atoms with Gasteiger partial charge in [-0.15, -0.1) is 0 Å². The summed E-state index contributed by atoms with van der Waals surface area (Å²) in [4.78, 5) is 13.5. The SMILES string of the molecule is CC(C(=O)N(C)Cc1ccc2c(c1)OCCO2)S(C)(=O)=O. The predicted molar refractivity (Wildman–Crippen MR) is 78.2 cm³/mol. The Morgan fingerprint density at radius 1 is 1.29 bits per heavy atom. The number of rotatable bonds is 4. The van der Waals surface area contributed by atoms with Crippen LogP contribution in [0.2, 0.25) is 0 Å². The van der Waals surface area contributed by atoms with Gasteiger partial charge in [0, 0.05) is 19.8 Å². The number of carbonyl (C=O) groups is 1. The van der Waals surface area contributed by atoms with Gasteiger partial charge in [0.15, 0.2) is 21.3 Å². The van der Waals surface area contributed by atoms with E-state index in [4.69, 9.17) is 9.47 Å². The van der Waals surface area contributed by atoms with E-state index in [-0.39, 0.29) is 0 Å². The third-order valence-electron chi connectivity index (χ3n) is 3.39. The topological polar surface area (TPSA) is 72.9 Å². The number of benzene rings is 1. The van der Waals surface area contributed by atoms with Gasteiger partial charge in [-0.2, -0.15) is 0 Å². The van der Waals surface area contributed by atoms with Gasteiger partial charge in [-0.05, 0) is 24.6 Å². The molecule has 0 saturated heterocycles. The van der Waals surface area contributed by atoms with Gasteiger partial charge >= 0.3 is 0 Å². The smallest absolute Gasteiger partial charge is 0.240 e. The number of hydrogen-bond acceptors (Lipinski definition) is 5. The predicted octanol–water partition coefficient (Wildman–Crippen LogP) is 0.849. The quantitative estimate of drug-likeness (QED) is 0.824. The number of nitrogens with zero attached hydrogens (tertiary/aromatic N) is 1. The van der Waals surface area contributed by atoms with E-state index in [2.05, 4.69) is 0 Å². The molecule has 0 N–H and O–H groups in total. The Bertz CT molecular complexity index is 641. The first-order chi connectivity index (χ1) is 9.79. The fourth-order valence-corrected chi connectivity index (χ4v) is 2.58. The fourth-order valence-electron chi connectivity index (χ4n) is 2.03. The maximum absolute atomic E-state index is 12.1. The van der Waals surface area contributed by atoms with Crippen molar-refractivity contribution in [2.45, 2.75) is 18.7 Å². The van der Waals surface area contributed by atoms with Crippen molar-refractivity contribution in [3.8, 4) is 11.5 Å². The highest BCUT2D eigenvalue weighted by Crippen LogP contribution is 2.31. The number of hydrogen-bond donors (Lipinski definition) is 0. The van der Waals surface area contributed by atoms with E-state index in [1.54, 1.807) is 13.1 Å². The molecule has 1 heterocycles. The van der Waals surface area contributed by atoms with E-state index in [1.165, 1.54) is 11.8 Å². The van der Waals surface area contributed by atoms with Crippen LogP contribution in [0.3, 0.4) is 0 Å². The minimum Gasteiger partial charge on any atom is -0.486 e. The summed E-state index contributed by atoms with van der Waals surface area (Å²) in [7, 11) is -1.81. The Labute approximate surface area is 124 Å². The molecule has 0 bridgehead atoms. The molecule has 1 unspecified atom stereocenters. The van der Waals surface area contributed by atoms with Gasteiger partial charge in [-0.3, -0.25) is 4.79 Å². The Morgan fingerprint density at radius 3 is 2.52 bits per heavy atom. The Kier molecular flexibility index (Phi) is 4.41. The molecule has 1 aliphatic heterocycles. The molecule has 7 heteroatoms. The van der Waals surface area contributed by atoms with Crippen LogP contribution in [0.1, 0.15) is 12.5 Å². The van der Waals surface area contributed by atoms with Crippen molar-refractivity contribution in [3.63, 3.8) is 0 Å². The molecule has 21 heavy (non-hydrogen) atoms. The van der Waals surface area contributed by atoms with Crippen molar-refractivity contribution < 1.29 is 22.7 Å². The summed E-state index contributed by atoms with van der Waals surface area (Å²) in [6, 6.07) is 5.44. The Balaban J connectivity index is 2.09. The van der Waals surface area contributed by atoms with Gasteiger partial charge < -0.3 is 14.4 Å². The zero-order valence-electron chi connectivity index (χ0n) is 12.3. The summed E-state index contributed by atoms with van der Waals surface area (Å²) < 4.78 is 33.8. The van der Waals surface area contributed by atoms with Crippen LogP contribution in [0.15, 0.2) is 18.2 Å². The molecular formula is C14H19NO5S. The summed E-state index contributed by atoms with van der Waals surface area (Å²) in [6.07, 6.45) is 1.06. The van der Waals surface area contributed by atoms with Crippen molar-refractivity contribution in [1.29, 1.82) is 0 Å². The van der Waals surface area contributed by atoms with Gasteiger partial charge in [0.05, 0.1) is 0 Å². The molecule has 1 atom stereocenters. The van der Waals surface area contributed by atoms with E-state index in [0.29, 0.717) is 31.3 Å². The van der Waals surface area contributed by atoms with Crippen LogP contribution < -0.4 is 9.47 Å². The molecule has 116 valence electrons. The third kappa shape index (κ3) is 3.66. The average molecular weight is 313 g/mol. The highest BCUT2D eigenvalue weighted by atomic mass is 32.2. The number of sulfone groups is 1. The van der Waals surface area contributed by atoms with Crippen LogP contribution in [-0.2, 0) is 21.2 Å². The second kappa shape index (κ2) is 5.93. The van der Waals surface area contributed by atoms with Crippen molar-refractivity contribution in [1.82, 2.24) is 4.90 Å². The number of amides is 1. The molecule has 1 aromatic carbocycles. The summed E-state index contributed by atoms with van der Waals surface area (Å²) >= 11 is 0. The zero-order valence-corrected chi connectivity index (χ0v) is 13.1. The van der Waals surface area contributed by atoms with Crippen molar-refractivity contribution in [2.24, 2.45) is 0 Å². The maximum atomic E-state index is 12.1.